The maximum absolute atomic E-state index is 13.0. The minimum Gasteiger partial charge on any atom is -0.207 e. The van der Waals surface area contributed by atoms with Gasteiger partial charge in [-0.3, -0.25) is 0 Å². The van der Waals surface area contributed by atoms with Gasteiger partial charge in [0.05, 0.1) is 12.1 Å². The van der Waals surface area contributed by atoms with E-state index in [9.17, 15) is 4.39 Å². The van der Waals surface area contributed by atoms with E-state index < -0.39 is 5.92 Å². The molecule has 13 heavy (non-hydrogen) atoms. The molecule has 0 N–H and O–H groups in total. The molecule has 0 unspecified atom stereocenters. The van der Waals surface area contributed by atoms with Gasteiger partial charge in [0.1, 0.15) is 11.7 Å². The molecule has 0 aliphatic carbocycles. The number of nitriles is 2. The van der Waals surface area contributed by atoms with Crippen molar-refractivity contribution in [2.75, 3.05) is 0 Å². The van der Waals surface area contributed by atoms with Crippen molar-refractivity contribution < 1.29 is 4.39 Å². The third-order valence-corrected chi connectivity index (χ3v) is 1.69. The summed E-state index contributed by atoms with van der Waals surface area (Å²) in [5.74, 6) is -1.13. The molecule has 64 valence electrons. The average molecular weight is 174 g/mol. The summed E-state index contributed by atoms with van der Waals surface area (Å²) in [5, 5.41) is 17.0. The Kier molecular flexibility index (Phi) is 3.00. The molecule has 0 aliphatic heterocycles. The fourth-order valence-electron chi connectivity index (χ4n) is 1.00. The fourth-order valence-corrected chi connectivity index (χ4v) is 1.00. The van der Waals surface area contributed by atoms with Gasteiger partial charge >= 0.3 is 0 Å². The van der Waals surface area contributed by atoms with Crippen LogP contribution in [0.5, 0.6) is 0 Å². The summed E-state index contributed by atoms with van der Waals surface area (Å²) in [4.78, 5) is 0. The Morgan fingerprint density at radius 3 is 2.38 bits per heavy atom. The van der Waals surface area contributed by atoms with Gasteiger partial charge in [-0.25, -0.2) is 4.39 Å². The molecule has 0 atom stereocenters. The average Bonchev–Trinajstić information content (AvgIpc) is 2.17. The molecule has 0 fully saturated rings. The first kappa shape index (κ1) is 9.22. The second-order valence-electron chi connectivity index (χ2n) is 2.61. The first-order chi connectivity index (χ1) is 6.27. The number of nitrogens with zero attached hydrogens (tertiary/aromatic N) is 2. The Bertz CT molecular complexity index is 359. The summed E-state index contributed by atoms with van der Waals surface area (Å²) >= 11 is 0. The highest BCUT2D eigenvalue weighted by Gasteiger charge is 2.09. The Morgan fingerprint density at radius 2 is 1.85 bits per heavy atom. The maximum Gasteiger partial charge on any atom is 0.137 e. The third-order valence-electron chi connectivity index (χ3n) is 1.69. The molecule has 3 heteroatoms. The van der Waals surface area contributed by atoms with Gasteiger partial charge in [-0.15, -0.1) is 0 Å². The predicted molar refractivity (Wildman–Crippen MR) is 44.8 cm³/mol. The van der Waals surface area contributed by atoms with Gasteiger partial charge in [0.2, 0.25) is 0 Å². The molecule has 1 rings (SSSR count). The first-order valence-electron chi connectivity index (χ1n) is 3.80. The molecular formula is C10H7FN2. The van der Waals surface area contributed by atoms with Crippen LogP contribution in [0.3, 0.4) is 0 Å². The topological polar surface area (TPSA) is 47.6 Å². The van der Waals surface area contributed by atoms with Gasteiger partial charge < -0.3 is 0 Å². The summed E-state index contributed by atoms with van der Waals surface area (Å²) in [6, 6.07) is 9.76. The van der Waals surface area contributed by atoms with Gasteiger partial charge in [-0.2, -0.15) is 10.5 Å². The Hall–Kier alpha value is -1.87. The van der Waals surface area contributed by atoms with Crippen LogP contribution in [-0.2, 0) is 6.42 Å². The van der Waals surface area contributed by atoms with Crippen molar-refractivity contribution in [3.05, 3.63) is 35.6 Å². The van der Waals surface area contributed by atoms with Gasteiger partial charge in [0.15, 0.2) is 0 Å². The van der Waals surface area contributed by atoms with E-state index in [1.165, 1.54) is 6.07 Å². The number of hydrogen-bond donors (Lipinski definition) is 0. The molecule has 0 heterocycles. The Balaban J connectivity index is 2.82. The van der Waals surface area contributed by atoms with E-state index in [-0.39, 0.29) is 12.2 Å². The first-order valence-corrected chi connectivity index (χ1v) is 3.80. The summed E-state index contributed by atoms with van der Waals surface area (Å²) in [5.41, 5.74) is 0.413. The summed E-state index contributed by atoms with van der Waals surface area (Å²) < 4.78 is 13.0. The van der Waals surface area contributed by atoms with Crippen LogP contribution in [0.1, 0.15) is 5.56 Å². The minimum atomic E-state index is -0.767. The molecular weight excluding hydrogens is 167 g/mol. The van der Waals surface area contributed by atoms with Crippen molar-refractivity contribution in [3.63, 3.8) is 0 Å². The van der Waals surface area contributed by atoms with Crippen LogP contribution in [0.2, 0.25) is 0 Å². The van der Waals surface area contributed by atoms with Crippen LogP contribution in [0.4, 0.5) is 4.39 Å². The Morgan fingerprint density at radius 1 is 1.23 bits per heavy atom. The van der Waals surface area contributed by atoms with E-state index in [1.54, 1.807) is 30.3 Å². The van der Waals surface area contributed by atoms with Crippen LogP contribution >= 0.6 is 0 Å². The van der Waals surface area contributed by atoms with Crippen LogP contribution in [0.25, 0.3) is 0 Å². The summed E-state index contributed by atoms with van der Waals surface area (Å²) in [6.07, 6.45) is 0.152. The van der Waals surface area contributed by atoms with Crippen LogP contribution in [0, 0.1) is 34.4 Å². The zero-order valence-corrected chi connectivity index (χ0v) is 6.87. The normalized spacial score (nSPS) is 9.23. The van der Waals surface area contributed by atoms with Crippen LogP contribution in [-0.4, -0.2) is 0 Å². The van der Waals surface area contributed by atoms with Crippen molar-refractivity contribution in [1.29, 1.82) is 10.5 Å². The van der Waals surface area contributed by atoms with Gasteiger partial charge in [0, 0.05) is 6.42 Å². The lowest BCUT2D eigenvalue weighted by atomic mass is 10.0. The van der Waals surface area contributed by atoms with Crippen LogP contribution in [0.15, 0.2) is 24.3 Å². The molecule has 2 nitrogen and oxygen atoms in total. The summed E-state index contributed by atoms with van der Waals surface area (Å²) in [7, 11) is 0. The van der Waals surface area contributed by atoms with Crippen LogP contribution < -0.4 is 0 Å². The van der Waals surface area contributed by atoms with Gasteiger partial charge in [0.25, 0.3) is 0 Å². The lowest BCUT2D eigenvalue weighted by molar-refractivity contribution is 0.603. The molecule has 0 bridgehead atoms. The van der Waals surface area contributed by atoms with Gasteiger partial charge in [-0.1, -0.05) is 18.2 Å². The third kappa shape index (κ3) is 2.28. The molecule has 0 aliphatic rings. The number of halogens is 1. The molecule has 0 aromatic heterocycles. The quantitative estimate of drug-likeness (QED) is 0.688. The van der Waals surface area contributed by atoms with E-state index in [0.29, 0.717) is 5.56 Å². The number of rotatable bonds is 2. The van der Waals surface area contributed by atoms with Crippen molar-refractivity contribution in [2.45, 2.75) is 6.42 Å². The van der Waals surface area contributed by atoms with Crippen molar-refractivity contribution in [2.24, 2.45) is 5.92 Å². The number of hydrogen-bond acceptors (Lipinski definition) is 2. The minimum absolute atomic E-state index is 0.152. The van der Waals surface area contributed by atoms with E-state index in [2.05, 4.69) is 0 Å². The molecule has 0 radical (unpaired) electrons. The van der Waals surface area contributed by atoms with E-state index in [4.69, 9.17) is 10.5 Å². The van der Waals surface area contributed by atoms with Crippen molar-refractivity contribution in [1.82, 2.24) is 0 Å². The van der Waals surface area contributed by atoms with E-state index in [0.717, 1.165) is 0 Å². The zero-order valence-electron chi connectivity index (χ0n) is 6.87. The SMILES string of the molecule is N#CC(C#N)Cc1ccccc1F. The highest BCUT2D eigenvalue weighted by Crippen LogP contribution is 2.11. The second kappa shape index (κ2) is 4.23. The molecule has 0 saturated heterocycles. The molecule has 1 aromatic carbocycles. The lowest BCUT2D eigenvalue weighted by Crippen LogP contribution is -2.00. The Labute approximate surface area is 75.8 Å². The molecule has 0 amide bonds. The highest BCUT2D eigenvalue weighted by molar-refractivity contribution is 5.20. The van der Waals surface area contributed by atoms with Crippen molar-refractivity contribution in [3.8, 4) is 12.1 Å². The largest absolute Gasteiger partial charge is 0.207 e. The monoisotopic (exact) mass is 174 g/mol. The molecule has 0 saturated carbocycles. The van der Waals surface area contributed by atoms with E-state index >= 15 is 0 Å². The lowest BCUT2D eigenvalue weighted by Gasteiger charge is -2.01. The van der Waals surface area contributed by atoms with Crippen molar-refractivity contribution >= 4 is 0 Å². The summed E-state index contributed by atoms with van der Waals surface area (Å²) in [6.45, 7) is 0. The molecule has 1 aromatic rings. The highest BCUT2D eigenvalue weighted by atomic mass is 19.1. The van der Waals surface area contributed by atoms with E-state index in [1.807, 2.05) is 0 Å². The second-order valence-corrected chi connectivity index (χ2v) is 2.61. The fraction of sp³-hybridized carbons (Fsp3) is 0.200. The smallest absolute Gasteiger partial charge is 0.137 e. The maximum atomic E-state index is 13.0. The number of benzene rings is 1. The standard InChI is InChI=1S/C10H7FN2/c11-10-4-2-1-3-9(10)5-8(6-12)7-13/h1-4,8H,5H2. The zero-order chi connectivity index (χ0) is 9.68. The van der Waals surface area contributed by atoms with Gasteiger partial charge in [-0.05, 0) is 11.6 Å². The molecule has 0 spiro atoms. The predicted octanol–water partition coefficient (Wildman–Crippen LogP) is 2.03.